The zero-order valence-corrected chi connectivity index (χ0v) is 12.2. The molecular weight excluding hydrogens is 230 g/mol. The van der Waals surface area contributed by atoms with E-state index in [1.54, 1.807) is 11.1 Å². The van der Waals surface area contributed by atoms with E-state index in [0.29, 0.717) is 12.1 Å². The first-order valence-corrected chi connectivity index (χ1v) is 8.18. The van der Waals surface area contributed by atoms with Crippen molar-refractivity contribution < 1.29 is 0 Å². The predicted molar refractivity (Wildman–Crippen MR) is 81.3 cm³/mol. The Morgan fingerprint density at radius 3 is 2.63 bits per heavy atom. The molecule has 1 aromatic rings. The van der Waals surface area contributed by atoms with Gasteiger partial charge in [0, 0.05) is 12.1 Å². The van der Waals surface area contributed by atoms with Crippen LogP contribution in [0.25, 0.3) is 0 Å². The number of hydrogen-bond acceptors (Lipinski definition) is 1. The standard InChI is InChI=1S/C18H27N/c1-14(15-8-3-2-4-9-15)19-18-13-7-11-16-10-5-6-12-17(16)18/h5-6,10,12,14-15,18-19H,2-4,7-9,11,13H2,1H3/t14-,18?/m0/s1. The predicted octanol–water partition coefficient (Wildman–Crippen LogP) is 4.62. The van der Waals surface area contributed by atoms with Crippen molar-refractivity contribution in [3.8, 4) is 0 Å². The second-order valence-electron chi connectivity index (χ2n) is 6.50. The van der Waals surface area contributed by atoms with Gasteiger partial charge in [0.1, 0.15) is 0 Å². The molecule has 2 aliphatic rings. The molecule has 0 heterocycles. The number of rotatable bonds is 3. The second-order valence-corrected chi connectivity index (χ2v) is 6.50. The first-order valence-electron chi connectivity index (χ1n) is 8.18. The third-order valence-corrected chi connectivity index (χ3v) is 5.19. The number of nitrogens with one attached hydrogen (secondary N) is 1. The lowest BCUT2D eigenvalue weighted by atomic mass is 9.82. The molecule has 3 rings (SSSR count). The molecule has 1 unspecified atom stereocenters. The van der Waals surface area contributed by atoms with Crippen LogP contribution in [-0.2, 0) is 6.42 Å². The van der Waals surface area contributed by atoms with Gasteiger partial charge in [-0.1, -0.05) is 43.5 Å². The molecule has 0 spiro atoms. The van der Waals surface area contributed by atoms with Gasteiger partial charge in [-0.25, -0.2) is 0 Å². The fourth-order valence-corrected chi connectivity index (χ4v) is 4.01. The summed E-state index contributed by atoms with van der Waals surface area (Å²) in [5, 5.41) is 3.94. The maximum absolute atomic E-state index is 3.94. The van der Waals surface area contributed by atoms with E-state index >= 15 is 0 Å². The van der Waals surface area contributed by atoms with E-state index in [-0.39, 0.29) is 0 Å². The van der Waals surface area contributed by atoms with E-state index in [1.165, 1.54) is 51.4 Å². The highest BCUT2D eigenvalue weighted by Crippen LogP contribution is 2.32. The Kier molecular flexibility index (Phi) is 4.22. The Labute approximate surface area is 117 Å². The molecule has 2 atom stereocenters. The van der Waals surface area contributed by atoms with Gasteiger partial charge < -0.3 is 5.32 Å². The van der Waals surface area contributed by atoms with E-state index in [1.807, 2.05) is 0 Å². The maximum atomic E-state index is 3.94. The second kappa shape index (κ2) is 6.09. The van der Waals surface area contributed by atoms with Gasteiger partial charge in [-0.2, -0.15) is 0 Å². The van der Waals surface area contributed by atoms with Crippen molar-refractivity contribution in [2.45, 2.75) is 70.4 Å². The highest BCUT2D eigenvalue weighted by Gasteiger charge is 2.25. The molecule has 1 saturated carbocycles. The summed E-state index contributed by atoms with van der Waals surface area (Å²) in [5.41, 5.74) is 3.14. The zero-order chi connectivity index (χ0) is 13.1. The van der Waals surface area contributed by atoms with E-state index in [2.05, 4.69) is 36.5 Å². The van der Waals surface area contributed by atoms with Gasteiger partial charge in [-0.05, 0) is 56.1 Å². The van der Waals surface area contributed by atoms with Crippen LogP contribution in [0.4, 0.5) is 0 Å². The van der Waals surface area contributed by atoms with Crippen LogP contribution in [0.15, 0.2) is 24.3 Å². The molecule has 0 radical (unpaired) electrons. The summed E-state index contributed by atoms with van der Waals surface area (Å²) < 4.78 is 0. The van der Waals surface area contributed by atoms with Crippen molar-refractivity contribution in [3.05, 3.63) is 35.4 Å². The summed E-state index contributed by atoms with van der Waals surface area (Å²) >= 11 is 0. The van der Waals surface area contributed by atoms with Crippen LogP contribution in [0.3, 0.4) is 0 Å². The molecule has 0 saturated heterocycles. The number of fused-ring (bicyclic) bond motifs is 1. The Balaban J connectivity index is 1.66. The normalized spacial score (nSPS) is 25.8. The molecule has 0 aliphatic heterocycles. The minimum atomic E-state index is 0.599. The summed E-state index contributed by atoms with van der Waals surface area (Å²) in [6, 6.07) is 10.3. The summed E-state index contributed by atoms with van der Waals surface area (Å²) in [7, 11) is 0. The molecule has 2 aliphatic carbocycles. The van der Waals surface area contributed by atoms with Gasteiger partial charge in [-0.15, -0.1) is 0 Å². The van der Waals surface area contributed by atoms with Crippen LogP contribution in [0.1, 0.15) is 69.0 Å². The Morgan fingerprint density at radius 1 is 1.00 bits per heavy atom. The Hall–Kier alpha value is -0.820. The van der Waals surface area contributed by atoms with Crippen molar-refractivity contribution in [2.75, 3.05) is 0 Å². The number of aryl methyl sites for hydroxylation is 1. The minimum Gasteiger partial charge on any atom is -0.307 e. The molecule has 1 heteroatoms. The lowest BCUT2D eigenvalue weighted by Gasteiger charge is -2.34. The van der Waals surface area contributed by atoms with Gasteiger partial charge in [0.15, 0.2) is 0 Å². The summed E-state index contributed by atoms with van der Waals surface area (Å²) in [6.45, 7) is 2.41. The van der Waals surface area contributed by atoms with Crippen molar-refractivity contribution >= 4 is 0 Å². The quantitative estimate of drug-likeness (QED) is 0.833. The first-order chi connectivity index (χ1) is 9.34. The van der Waals surface area contributed by atoms with Crippen LogP contribution in [-0.4, -0.2) is 6.04 Å². The smallest absolute Gasteiger partial charge is 0.0325 e. The van der Waals surface area contributed by atoms with Crippen molar-refractivity contribution in [3.63, 3.8) is 0 Å². The molecule has 0 amide bonds. The maximum Gasteiger partial charge on any atom is 0.0325 e. The van der Waals surface area contributed by atoms with Gasteiger partial charge in [0.05, 0.1) is 0 Å². The summed E-state index contributed by atoms with van der Waals surface area (Å²) in [6.07, 6.45) is 11.1. The van der Waals surface area contributed by atoms with Crippen LogP contribution >= 0.6 is 0 Å². The third-order valence-electron chi connectivity index (χ3n) is 5.19. The van der Waals surface area contributed by atoms with Crippen molar-refractivity contribution in [2.24, 2.45) is 5.92 Å². The number of hydrogen-bond donors (Lipinski definition) is 1. The first kappa shape index (κ1) is 13.2. The molecule has 104 valence electrons. The Bertz CT molecular complexity index is 406. The molecule has 0 bridgehead atoms. The molecule has 1 nitrogen and oxygen atoms in total. The van der Waals surface area contributed by atoms with Crippen LogP contribution < -0.4 is 5.32 Å². The molecule has 1 fully saturated rings. The van der Waals surface area contributed by atoms with Gasteiger partial charge in [-0.3, -0.25) is 0 Å². The highest BCUT2D eigenvalue weighted by atomic mass is 15.0. The fraction of sp³-hybridized carbons (Fsp3) is 0.667. The van der Waals surface area contributed by atoms with E-state index in [0.717, 1.165) is 5.92 Å². The van der Waals surface area contributed by atoms with Gasteiger partial charge in [0.2, 0.25) is 0 Å². The van der Waals surface area contributed by atoms with Crippen LogP contribution in [0.5, 0.6) is 0 Å². The van der Waals surface area contributed by atoms with E-state index in [4.69, 9.17) is 0 Å². The SMILES string of the molecule is C[C@H](NC1CCCc2ccccc21)C1CCCCC1. The van der Waals surface area contributed by atoms with Gasteiger partial charge in [0.25, 0.3) is 0 Å². The summed E-state index contributed by atoms with van der Waals surface area (Å²) in [4.78, 5) is 0. The molecule has 1 aromatic carbocycles. The van der Waals surface area contributed by atoms with Crippen molar-refractivity contribution in [1.29, 1.82) is 0 Å². The monoisotopic (exact) mass is 257 g/mol. The highest BCUT2D eigenvalue weighted by molar-refractivity contribution is 5.32. The Morgan fingerprint density at radius 2 is 1.79 bits per heavy atom. The van der Waals surface area contributed by atoms with Crippen LogP contribution in [0.2, 0.25) is 0 Å². The van der Waals surface area contributed by atoms with Crippen LogP contribution in [0, 0.1) is 5.92 Å². The third kappa shape index (κ3) is 3.02. The lowest BCUT2D eigenvalue weighted by Crippen LogP contribution is -2.38. The van der Waals surface area contributed by atoms with E-state index in [9.17, 15) is 0 Å². The average Bonchev–Trinajstić information content (AvgIpc) is 2.48. The molecular formula is C18H27N. The topological polar surface area (TPSA) is 12.0 Å². The van der Waals surface area contributed by atoms with Gasteiger partial charge >= 0.3 is 0 Å². The number of benzene rings is 1. The lowest BCUT2D eigenvalue weighted by molar-refractivity contribution is 0.257. The molecule has 1 N–H and O–H groups in total. The minimum absolute atomic E-state index is 0.599. The largest absolute Gasteiger partial charge is 0.307 e. The van der Waals surface area contributed by atoms with E-state index < -0.39 is 0 Å². The molecule has 0 aromatic heterocycles. The van der Waals surface area contributed by atoms with Crippen molar-refractivity contribution in [1.82, 2.24) is 5.32 Å². The average molecular weight is 257 g/mol. The zero-order valence-electron chi connectivity index (χ0n) is 12.2. The molecule has 19 heavy (non-hydrogen) atoms. The fourth-order valence-electron chi connectivity index (χ4n) is 4.01. The summed E-state index contributed by atoms with van der Waals surface area (Å²) in [5.74, 6) is 0.905.